The van der Waals surface area contributed by atoms with Gasteiger partial charge in [-0.1, -0.05) is 0 Å². The molecule has 78 valence electrons. The number of rotatable bonds is 2. The van der Waals surface area contributed by atoms with Crippen LogP contribution in [-0.4, -0.2) is 31.7 Å². The minimum absolute atomic E-state index is 0.0725. The number of hydrogen-bond donors (Lipinski definition) is 1. The lowest BCUT2D eigenvalue weighted by atomic mass is 9.96. The summed E-state index contributed by atoms with van der Waals surface area (Å²) in [7, 11) is 0. The molecule has 0 unspecified atom stereocenters. The zero-order valence-corrected chi connectivity index (χ0v) is 6.96. The van der Waals surface area contributed by atoms with E-state index in [0.29, 0.717) is 13.1 Å². The third-order valence-corrected chi connectivity index (χ3v) is 1.99. The maximum absolute atomic E-state index is 13.4. The first-order valence-corrected chi connectivity index (χ1v) is 4.02. The Morgan fingerprint density at radius 2 is 1.77 bits per heavy atom. The lowest BCUT2D eigenvalue weighted by Gasteiger charge is -2.29. The molecule has 0 aromatic heterocycles. The van der Waals surface area contributed by atoms with Crippen LogP contribution in [0.1, 0.15) is 12.8 Å². The molecule has 1 rings (SSSR count). The second-order valence-electron chi connectivity index (χ2n) is 3.14. The van der Waals surface area contributed by atoms with E-state index in [4.69, 9.17) is 0 Å². The summed E-state index contributed by atoms with van der Waals surface area (Å²) in [5.74, 6) is 0. The van der Waals surface area contributed by atoms with Gasteiger partial charge in [-0.3, -0.25) is 4.74 Å². The second kappa shape index (κ2) is 3.79. The minimum Gasteiger partial charge on any atom is -0.316 e. The van der Waals surface area contributed by atoms with Crippen molar-refractivity contribution in [3.05, 3.63) is 0 Å². The number of hydrogen-bond acceptors (Lipinski definition) is 2. The van der Waals surface area contributed by atoms with Gasteiger partial charge in [-0.2, -0.15) is 0 Å². The van der Waals surface area contributed by atoms with Crippen LogP contribution in [0.4, 0.5) is 17.6 Å². The Balaban J connectivity index is 2.33. The molecule has 0 aromatic carbocycles. The van der Waals surface area contributed by atoms with Crippen LogP contribution in [0, 0.1) is 0 Å². The standard InChI is InChI=1S/C7H11F4NO/c8-6(1-3-12-4-2-6)5-13-7(9,10)11/h12H,1-5H2. The van der Waals surface area contributed by atoms with Gasteiger partial charge >= 0.3 is 6.36 Å². The number of ether oxygens (including phenoxy) is 1. The van der Waals surface area contributed by atoms with Gasteiger partial charge in [-0.25, -0.2) is 4.39 Å². The third kappa shape index (κ3) is 3.91. The van der Waals surface area contributed by atoms with Gasteiger partial charge in [0.2, 0.25) is 0 Å². The van der Waals surface area contributed by atoms with Crippen molar-refractivity contribution in [2.75, 3.05) is 19.7 Å². The van der Waals surface area contributed by atoms with Crippen molar-refractivity contribution in [2.45, 2.75) is 24.9 Å². The van der Waals surface area contributed by atoms with Crippen LogP contribution in [0.2, 0.25) is 0 Å². The van der Waals surface area contributed by atoms with Gasteiger partial charge in [-0.05, 0) is 25.9 Å². The van der Waals surface area contributed by atoms with Crippen LogP contribution in [0.15, 0.2) is 0 Å². The highest BCUT2D eigenvalue weighted by Gasteiger charge is 2.38. The molecule has 2 nitrogen and oxygen atoms in total. The fourth-order valence-corrected chi connectivity index (χ4v) is 1.23. The molecule has 1 aliphatic heterocycles. The quantitative estimate of drug-likeness (QED) is 0.685. The molecule has 6 heteroatoms. The van der Waals surface area contributed by atoms with Gasteiger partial charge in [-0.15, -0.1) is 13.2 Å². The Kier molecular flexibility index (Phi) is 3.13. The zero-order chi connectivity index (χ0) is 9.95. The maximum atomic E-state index is 13.4. The summed E-state index contributed by atoms with van der Waals surface area (Å²) in [6.07, 6.45) is -4.59. The van der Waals surface area contributed by atoms with E-state index in [-0.39, 0.29) is 12.8 Å². The molecular weight excluding hydrogens is 190 g/mol. The summed E-state index contributed by atoms with van der Waals surface area (Å²) in [5.41, 5.74) is -1.82. The van der Waals surface area contributed by atoms with Crippen molar-refractivity contribution in [1.82, 2.24) is 5.32 Å². The van der Waals surface area contributed by atoms with Crippen molar-refractivity contribution in [1.29, 1.82) is 0 Å². The minimum atomic E-state index is -4.73. The fraction of sp³-hybridized carbons (Fsp3) is 1.00. The Morgan fingerprint density at radius 3 is 2.23 bits per heavy atom. The summed E-state index contributed by atoms with van der Waals surface area (Å²) in [4.78, 5) is 0. The molecule has 1 fully saturated rings. The van der Waals surface area contributed by atoms with Gasteiger partial charge in [0.15, 0.2) is 0 Å². The molecule has 1 heterocycles. The van der Waals surface area contributed by atoms with Gasteiger partial charge in [0.05, 0.1) is 6.61 Å². The molecule has 0 aromatic rings. The van der Waals surface area contributed by atoms with E-state index in [9.17, 15) is 17.6 Å². The summed E-state index contributed by atoms with van der Waals surface area (Å²) >= 11 is 0. The van der Waals surface area contributed by atoms with Crippen molar-refractivity contribution >= 4 is 0 Å². The molecule has 0 amide bonds. The first-order chi connectivity index (χ1) is 5.91. The summed E-state index contributed by atoms with van der Waals surface area (Å²) in [5, 5.41) is 2.86. The molecule has 13 heavy (non-hydrogen) atoms. The number of halogens is 4. The van der Waals surface area contributed by atoms with Crippen molar-refractivity contribution in [2.24, 2.45) is 0 Å². The van der Waals surface area contributed by atoms with E-state index >= 15 is 0 Å². The first-order valence-electron chi connectivity index (χ1n) is 4.02. The smallest absolute Gasteiger partial charge is 0.316 e. The normalized spacial score (nSPS) is 23.1. The number of nitrogens with one attached hydrogen (secondary N) is 1. The maximum Gasteiger partial charge on any atom is 0.522 e. The fourth-order valence-electron chi connectivity index (χ4n) is 1.23. The van der Waals surface area contributed by atoms with Crippen LogP contribution in [0.5, 0.6) is 0 Å². The first kappa shape index (κ1) is 10.7. The molecular formula is C7H11F4NO. The Morgan fingerprint density at radius 1 is 1.23 bits per heavy atom. The van der Waals surface area contributed by atoms with Crippen molar-refractivity contribution in [3.63, 3.8) is 0 Å². The third-order valence-electron chi connectivity index (χ3n) is 1.99. The van der Waals surface area contributed by atoms with Gasteiger partial charge in [0.25, 0.3) is 0 Å². The lowest BCUT2D eigenvalue weighted by Crippen LogP contribution is -2.43. The van der Waals surface area contributed by atoms with Crippen LogP contribution in [0.3, 0.4) is 0 Å². The van der Waals surface area contributed by atoms with Crippen LogP contribution in [-0.2, 0) is 4.74 Å². The second-order valence-corrected chi connectivity index (χ2v) is 3.14. The van der Waals surface area contributed by atoms with Crippen molar-refractivity contribution in [3.8, 4) is 0 Å². The average Bonchev–Trinajstić information content (AvgIpc) is 2.02. The van der Waals surface area contributed by atoms with Crippen LogP contribution >= 0.6 is 0 Å². The highest BCUT2D eigenvalue weighted by Crippen LogP contribution is 2.27. The molecule has 1 saturated heterocycles. The number of alkyl halides is 4. The summed E-state index contributed by atoms with van der Waals surface area (Å²) in [6.45, 7) is -0.0897. The molecule has 1 aliphatic rings. The molecule has 0 spiro atoms. The highest BCUT2D eigenvalue weighted by atomic mass is 19.4. The molecule has 0 bridgehead atoms. The van der Waals surface area contributed by atoms with Crippen LogP contribution in [0.25, 0.3) is 0 Å². The Labute approximate surface area is 73.2 Å². The van der Waals surface area contributed by atoms with Crippen molar-refractivity contribution < 1.29 is 22.3 Å². The monoisotopic (exact) mass is 201 g/mol. The van der Waals surface area contributed by atoms with E-state index in [1.165, 1.54) is 0 Å². The SMILES string of the molecule is FC1(COC(F)(F)F)CCNCC1. The Bertz CT molecular complexity index is 164. The number of piperidine rings is 1. The zero-order valence-electron chi connectivity index (χ0n) is 6.96. The predicted molar refractivity (Wildman–Crippen MR) is 37.9 cm³/mol. The molecule has 0 radical (unpaired) electrons. The van der Waals surface area contributed by atoms with E-state index in [1.54, 1.807) is 0 Å². The largest absolute Gasteiger partial charge is 0.522 e. The van der Waals surface area contributed by atoms with Gasteiger partial charge in [0, 0.05) is 0 Å². The van der Waals surface area contributed by atoms with E-state index < -0.39 is 18.6 Å². The Hall–Kier alpha value is -0.360. The highest BCUT2D eigenvalue weighted by molar-refractivity contribution is 4.84. The summed E-state index contributed by atoms with van der Waals surface area (Å²) < 4.78 is 51.6. The van der Waals surface area contributed by atoms with E-state index in [0.717, 1.165) is 0 Å². The molecule has 0 saturated carbocycles. The molecule has 0 atom stereocenters. The molecule has 0 aliphatic carbocycles. The topological polar surface area (TPSA) is 21.3 Å². The van der Waals surface area contributed by atoms with Gasteiger partial charge in [0.1, 0.15) is 5.67 Å². The van der Waals surface area contributed by atoms with Crippen LogP contribution < -0.4 is 5.32 Å². The van der Waals surface area contributed by atoms with Gasteiger partial charge < -0.3 is 5.32 Å². The van der Waals surface area contributed by atoms with E-state index in [1.807, 2.05) is 0 Å². The van der Waals surface area contributed by atoms with E-state index in [2.05, 4.69) is 10.1 Å². The molecule has 1 N–H and O–H groups in total. The predicted octanol–water partition coefficient (Wildman–Crippen LogP) is 1.61. The summed E-state index contributed by atoms with van der Waals surface area (Å²) in [6, 6.07) is 0. The lowest BCUT2D eigenvalue weighted by molar-refractivity contribution is -0.334. The average molecular weight is 201 g/mol.